The third-order valence-electron chi connectivity index (χ3n) is 3.57. The van der Waals surface area contributed by atoms with Gasteiger partial charge < -0.3 is 20.6 Å². The van der Waals surface area contributed by atoms with Crippen LogP contribution in [0, 0.1) is 0 Å². The van der Waals surface area contributed by atoms with Gasteiger partial charge in [0.25, 0.3) is 0 Å². The van der Waals surface area contributed by atoms with Crippen LogP contribution >= 0.6 is 0 Å². The molecule has 0 aliphatic carbocycles. The maximum atomic E-state index is 11.4. The number of nitrogens with zero attached hydrogens (tertiary/aromatic N) is 1. The summed E-state index contributed by atoms with van der Waals surface area (Å²) in [5.41, 5.74) is 0. The average Bonchev–Trinajstić information content (AvgIpc) is 2.36. The van der Waals surface area contributed by atoms with Crippen molar-refractivity contribution in [3.63, 3.8) is 0 Å². The molecule has 1 fully saturated rings. The van der Waals surface area contributed by atoms with E-state index in [2.05, 4.69) is 22.5 Å². The van der Waals surface area contributed by atoms with Crippen molar-refractivity contribution in [3.05, 3.63) is 0 Å². The van der Waals surface area contributed by atoms with Gasteiger partial charge in [0.15, 0.2) is 0 Å². The molecule has 110 valence electrons. The van der Waals surface area contributed by atoms with Crippen molar-refractivity contribution in [1.82, 2.24) is 15.5 Å². The first-order valence-electron chi connectivity index (χ1n) is 7.02. The molecule has 1 saturated heterocycles. The molecule has 1 rings (SSSR count). The second kappa shape index (κ2) is 7.99. The summed E-state index contributed by atoms with van der Waals surface area (Å²) < 4.78 is 0. The number of carbonyl (C=O) groups excluding carboxylic acids is 1. The zero-order valence-corrected chi connectivity index (χ0v) is 11.8. The number of carboxylic acids is 1. The van der Waals surface area contributed by atoms with Gasteiger partial charge in [-0.05, 0) is 39.7 Å². The van der Waals surface area contributed by atoms with Crippen LogP contribution in [0.3, 0.4) is 0 Å². The molecular formula is C13H25N3O3. The summed E-state index contributed by atoms with van der Waals surface area (Å²) in [5.74, 6) is -1.03. The van der Waals surface area contributed by atoms with Gasteiger partial charge in [0, 0.05) is 19.1 Å². The van der Waals surface area contributed by atoms with Crippen molar-refractivity contribution in [3.8, 4) is 0 Å². The lowest BCUT2D eigenvalue weighted by atomic mass is 10.0. The van der Waals surface area contributed by atoms with E-state index in [1.165, 1.54) is 26.2 Å². The topological polar surface area (TPSA) is 81.7 Å². The van der Waals surface area contributed by atoms with Crippen LogP contribution in [0.1, 0.15) is 39.5 Å². The molecule has 2 amide bonds. The Kier molecular flexibility index (Phi) is 6.62. The SMILES string of the molecule is CC(NC(=O)NCCCN1CCCCC1C)C(=O)O. The quantitative estimate of drug-likeness (QED) is 0.630. The molecule has 2 unspecified atom stereocenters. The van der Waals surface area contributed by atoms with E-state index in [0.717, 1.165) is 19.5 Å². The molecular weight excluding hydrogens is 246 g/mol. The Morgan fingerprint density at radius 3 is 2.79 bits per heavy atom. The van der Waals surface area contributed by atoms with Gasteiger partial charge in [0.1, 0.15) is 6.04 Å². The highest BCUT2D eigenvalue weighted by molar-refractivity contribution is 5.82. The van der Waals surface area contributed by atoms with E-state index in [-0.39, 0.29) is 0 Å². The first-order valence-corrected chi connectivity index (χ1v) is 7.02. The molecule has 6 nitrogen and oxygen atoms in total. The summed E-state index contributed by atoms with van der Waals surface area (Å²) in [7, 11) is 0. The number of piperidine rings is 1. The molecule has 19 heavy (non-hydrogen) atoms. The van der Waals surface area contributed by atoms with Gasteiger partial charge in [-0.15, -0.1) is 0 Å². The van der Waals surface area contributed by atoms with Crippen LogP contribution in [-0.4, -0.2) is 53.7 Å². The van der Waals surface area contributed by atoms with Gasteiger partial charge >= 0.3 is 12.0 Å². The third kappa shape index (κ3) is 5.92. The second-order valence-electron chi connectivity index (χ2n) is 5.19. The number of nitrogens with one attached hydrogen (secondary N) is 2. The predicted molar refractivity (Wildman–Crippen MR) is 73.1 cm³/mol. The van der Waals surface area contributed by atoms with Crippen LogP contribution in [0.15, 0.2) is 0 Å². The van der Waals surface area contributed by atoms with E-state index in [1.54, 1.807) is 0 Å². The Balaban J connectivity index is 2.09. The van der Waals surface area contributed by atoms with Crippen molar-refractivity contribution in [1.29, 1.82) is 0 Å². The lowest BCUT2D eigenvalue weighted by molar-refractivity contribution is -0.138. The number of carbonyl (C=O) groups is 2. The highest BCUT2D eigenvalue weighted by atomic mass is 16.4. The second-order valence-corrected chi connectivity index (χ2v) is 5.19. The van der Waals surface area contributed by atoms with Gasteiger partial charge in [-0.2, -0.15) is 0 Å². The number of likely N-dealkylation sites (tertiary alicyclic amines) is 1. The number of carboxylic acid groups (broad SMARTS) is 1. The standard InChI is InChI=1S/C13H25N3O3/c1-10-6-3-4-8-16(10)9-5-7-14-13(19)15-11(2)12(17)18/h10-11H,3-9H2,1-2H3,(H,17,18)(H2,14,15,19). The van der Waals surface area contributed by atoms with Gasteiger partial charge in [-0.1, -0.05) is 6.42 Å². The lowest BCUT2D eigenvalue weighted by Gasteiger charge is -2.33. The molecule has 0 aromatic heterocycles. The number of hydrogen-bond donors (Lipinski definition) is 3. The predicted octanol–water partition coefficient (Wildman–Crippen LogP) is 1.02. The fraction of sp³-hybridized carbons (Fsp3) is 0.846. The lowest BCUT2D eigenvalue weighted by Crippen LogP contribution is -2.45. The highest BCUT2D eigenvalue weighted by Gasteiger charge is 2.17. The summed E-state index contributed by atoms with van der Waals surface area (Å²) >= 11 is 0. The Bertz CT molecular complexity index is 310. The number of hydrogen-bond acceptors (Lipinski definition) is 3. The first kappa shape index (κ1) is 15.8. The smallest absolute Gasteiger partial charge is 0.325 e. The molecule has 6 heteroatoms. The molecule has 1 aliphatic heterocycles. The summed E-state index contributed by atoms with van der Waals surface area (Å²) in [4.78, 5) is 24.4. The van der Waals surface area contributed by atoms with Gasteiger partial charge in [-0.3, -0.25) is 4.79 Å². The third-order valence-corrected chi connectivity index (χ3v) is 3.57. The molecule has 0 radical (unpaired) electrons. The molecule has 3 N–H and O–H groups in total. The van der Waals surface area contributed by atoms with Crippen LogP contribution in [0.5, 0.6) is 0 Å². The largest absolute Gasteiger partial charge is 0.480 e. The number of urea groups is 1. The zero-order valence-electron chi connectivity index (χ0n) is 11.8. The number of rotatable bonds is 6. The van der Waals surface area contributed by atoms with Crippen LogP contribution in [-0.2, 0) is 4.79 Å². The summed E-state index contributed by atoms with van der Waals surface area (Å²) in [6, 6.07) is -0.640. The van der Waals surface area contributed by atoms with Crippen LogP contribution in [0.4, 0.5) is 4.79 Å². The first-order chi connectivity index (χ1) is 9.00. The van der Waals surface area contributed by atoms with Gasteiger partial charge in [0.2, 0.25) is 0 Å². The van der Waals surface area contributed by atoms with E-state index < -0.39 is 18.0 Å². The Labute approximate surface area is 114 Å². The summed E-state index contributed by atoms with van der Waals surface area (Å²) in [6.45, 7) is 6.38. The van der Waals surface area contributed by atoms with Crippen molar-refractivity contribution >= 4 is 12.0 Å². The van der Waals surface area contributed by atoms with E-state index in [0.29, 0.717) is 12.6 Å². The van der Waals surface area contributed by atoms with Gasteiger partial charge in [-0.25, -0.2) is 4.79 Å². The van der Waals surface area contributed by atoms with Crippen LogP contribution in [0.25, 0.3) is 0 Å². The highest BCUT2D eigenvalue weighted by Crippen LogP contribution is 2.15. The van der Waals surface area contributed by atoms with Crippen LogP contribution < -0.4 is 10.6 Å². The molecule has 0 spiro atoms. The van der Waals surface area contributed by atoms with Crippen molar-refractivity contribution in [2.24, 2.45) is 0 Å². The Morgan fingerprint density at radius 1 is 1.42 bits per heavy atom. The molecule has 0 aromatic rings. The van der Waals surface area contributed by atoms with Crippen molar-refractivity contribution in [2.75, 3.05) is 19.6 Å². The molecule has 1 aliphatic rings. The van der Waals surface area contributed by atoms with E-state index in [4.69, 9.17) is 5.11 Å². The number of aliphatic carboxylic acids is 1. The summed E-state index contributed by atoms with van der Waals surface area (Å²) in [5, 5.41) is 13.7. The fourth-order valence-electron chi connectivity index (χ4n) is 2.28. The van der Waals surface area contributed by atoms with Crippen LogP contribution in [0.2, 0.25) is 0 Å². The minimum atomic E-state index is -1.03. The fourth-order valence-corrected chi connectivity index (χ4v) is 2.28. The maximum absolute atomic E-state index is 11.4. The van der Waals surface area contributed by atoms with E-state index in [9.17, 15) is 9.59 Å². The molecule has 0 saturated carbocycles. The molecule has 2 atom stereocenters. The van der Waals surface area contributed by atoms with Crippen molar-refractivity contribution in [2.45, 2.75) is 51.6 Å². The Morgan fingerprint density at radius 2 is 2.16 bits per heavy atom. The minimum Gasteiger partial charge on any atom is -0.480 e. The average molecular weight is 271 g/mol. The summed E-state index contributed by atoms with van der Waals surface area (Å²) in [6.07, 6.45) is 4.71. The van der Waals surface area contributed by atoms with Gasteiger partial charge in [0.05, 0.1) is 0 Å². The van der Waals surface area contributed by atoms with E-state index in [1.807, 2.05) is 0 Å². The Hall–Kier alpha value is -1.30. The molecule has 0 bridgehead atoms. The maximum Gasteiger partial charge on any atom is 0.325 e. The monoisotopic (exact) mass is 271 g/mol. The normalized spacial score (nSPS) is 21.7. The molecule has 0 aromatic carbocycles. The molecule has 1 heterocycles. The van der Waals surface area contributed by atoms with Crippen molar-refractivity contribution < 1.29 is 14.7 Å². The minimum absolute atomic E-state index is 0.415. The number of amides is 2. The zero-order chi connectivity index (χ0) is 14.3. The van der Waals surface area contributed by atoms with E-state index >= 15 is 0 Å².